The molecule has 5 aromatic rings. The molecule has 0 unspecified atom stereocenters. The molecular formula is C40H38F7N7O4S. The van der Waals surface area contributed by atoms with E-state index >= 15 is 8.78 Å². The van der Waals surface area contributed by atoms with Gasteiger partial charge in [-0.3, -0.25) is 18.9 Å². The first-order chi connectivity index (χ1) is 27.6. The second-order valence-corrected chi connectivity index (χ2v) is 16.0. The molecule has 0 radical (unpaired) electrons. The summed E-state index contributed by atoms with van der Waals surface area (Å²) in [4.78, 5) is 18.7. The van der Waals surface area contributed by atoms with E-state index in [4.69, 9.17) is 4.98 Å². The zero-order valence-corrected chi connectivity index (χ0v) is 32.9. The fourth-order valence-corrected chi connectivity index (χ4v) is 7.67. The second-order valence-electron chi connectivity index (χ2n) is 14.3. The van der Waals surface area contributed by atoms with Crippen LogP contribution in [-0.2, 0) is 53.4 Å². The van der Waals surface area contributed by atoms with Crippen molar-refractivity contribution < 1.29 is 49.1 Å². The van der Waals surface area contributed by atoms with Crippen LogP contribution in [0.4, 0.5) is 36.6 Å². The van der Waals surface area contributed by atoms with E-state index in [-0.39, 0.29) is 41.2 Å². The number of allylic oxidation sites excluding steroid dienone is 1. The summed E-state index contributed by atoms with van der Waals surface area (Å²) in [5.74, 6) is -3.00. The van der Waals surface area contributed by atoms with Gasteiger partial charge in [0.2, 0.25) is 15.9 Å². The number of hydrogen-bond donors (Lipinski definition) is 3. The summed E-state index contributed by atoms with van der Waals surface area (Å²) in [6.45, 7) is 5.67. The molecule has 3 heterocycles. The summed E-state index contributed by atoms with van der Waals surface area (Å²) >= 11 is 0. The highest BCUT2D eigenvalue weighted by Crippen LogP contribution is 2.50. The number of nitrogens with one attached hydrogen (secondary N) is 2. The van der Waals surface area contributed by atoms with E-state index in [1.54, 1.807) is 45.2 Å². The van der Waals surface area contributed by atoms with Gasteiger partial charge in [-0.15, -0.1) is 6.58 Å². The number of benzene rings is 2. The molecule has 1 amide bonds. The third-order valence-corrected chi connectivity index (χ3v) is 10.6. The molecule has 2 atom stereocenters. The number of pyridine rings is 1. The number of alkyl halides is 5. The van der Waals surface area contributed by atoms with E-state index in [1.165, 1.54) is 10.7 Å². The lowest BCUT2D eigenvalue weighted by atomic mass is 9.93. The molecule has 312 valence electrons. The van der Waals surface area contributed by atoms with Gasteiger partial charge in [0.1, 0.15) is 35.2 Å². The Balaban J connectivity index is 1.54. The number of halogens is 7. The number of carbonyl (C=O) groups excluding carboxylic acids is 1. The van der Waals surface area contributed by atoms with E-state index in [0.717, 1.165) is 24.5 Å². The Bertz CT molecular complexity index is 2620. The smallest absolute Gasteiger partial charge is 0.378 e. The van der Waals surface area contributed by atoms with E-state index in [1.807, 2.05) is 0 Å². The molecule has 0 fully saturated rings. The average Bonchev–Trinajstić information content (AvgIpc) is 3.76. The minimum absolute atomic E-state index is 0.00135. The number of aryl methyl sites for hydroxylation is 1. The fourth-order valence-electron chi connectivity index (χ4n) is 7.17. The number of aliphatic hydroxyl groups is 1. The average molecular weight is 846 g/mol. The molecule has 2 aromatic carbocycles. The van der Waals surface area contributed by atoms with Crippen LogP contribution in [0.25, 0.3) is 22.0 Å². The predicted molar refractivity (Wildman–Crippen MR) is 204 cm³/mol. The van der Waals surface area contributed by atoms with Crippen molar-refractivity contribution in [1.29, 1.82) is 0 Å². The van der Waals surface area contributed by atoms with Crippen molar-refractivity contribution in [3.05, 3.63) is 107 Å². The maximum absolute atomic E-state index is 15.6. The molecule has 1 aliphatic carbocycles. The number of amides is 1. The van der Waals surface area contributed by atoms with Crippen LogP contribution >= 0.6 is 0 Å². The molecule has 6 rings (SSSR count). The summed E-state index contributed by atoms with van der Waals surface area (Å²) < 4.78 is 131. The quantitative estimate of drug-likeness (QED) is 0.0701. The summed E-state index contributed by atoms with van der Waals surface area (Å²) in [6.07, 6.45) is -3.94. The normalized spacial score (nSPS) is 15.7. The number of fused-ring (bicyclic) bond motifs is 2. The molecule has 0 spiro atoms. The lowest BCUT2D eigenvalue weighted by Crippen LogP contribution is -2.35. The highest BCUT2D eigenvalue weighted by atomic mass is 32.2. The topological polar surface area (TPSA) is 144 Å². The molecule has 19 heteroatoms. The van der Waals surface area contributed by atoms with E-state index in [9.17, 15) is 40.3 Å². The van der Waals surface area contributed by atoms with Gasteiger partial charge in [0.25, 0.3) is 5.92 Å². The molecule has 1 aliphatic rings. The Morgan fingerprint density at radius 2 is 1.76 bits per heavy atom. The van der Waals surface area contributed by atoms with Crippen LogP contribution in [0, 0.1) is 29.4 Å². The first-order valence-corrected chi connectivity index (χ1v) is 20.1. The standard InChI is InChI=1S/C40H38F7N7O4S/c1-6-23-19-30-35(40(45,46)47)50-54(36(30)39(23,43)44)21-32(55)49-31(18-22-16-24(41)20-25(42)17-22)33-27(13-12-26(48-33)14-15-38(56,7-2)8-3)28-10-9-11-29-34(28)53(4)51-37(29)52-59(5,57)58/h6,9-13,16-17,20,23,31,56H,1,7-8,18-19,21H2,2-5H3,(H,49,55)(H,51,52)/t23-,31+/m1/s1. The summed E-state index contributed by atoms with van der Waals surface area (Å²) in [6, 6.07) is 9.11. The van der Waals surface area contributed by atoms with Crippen LogP contribution in [0.15, 0.2) is 61.2 Å². The van der Waals surface area contributed by atoms with Crippen LogP contribution in [0.2, 0.25) is 0 Å². The maximum atomic E-state index is 15.6. The van der Waals surface area contributed by atoms with E-state index in [2.05, 4.69) is 38.7 Å². The SMILES string of the molecule is C=C[C@@H]1Cc2c(C(F)(F)F)nn(CC(=O)N[C@@H](Cc3cc(F)cc(F)c3)c3nc(C#CC(O)(CC)CC)ccc3-c3cccc4c(NS(C)(=O)=O)nn(C)c34)c2C1(F)F. The number of carbonyl (C=O) groups is 1. The number of hydrogen-bond acceptors (Lipinski definition) is 7. The maximum Gasteiger partial charge on any atom is 0.435 e. The van der Waals surface area contributed by atoms with Gasteiger partial charge in [0, 0.05) is 35.2 Å². The molecule has 0 saturated carbocycles. The molecule has 0 saturated heterocycles. The number of aromatic nitrogens is 5. The van der Waals surface area contributed by atoms with Crippen LogP contribution in [0.5, 0.6) is 0 Å². The molecule has 0 aliphatic heterocycles. The van der Waals surface area contributed by atoms with Crippen LogP contribution < -0.4 is 10.0 Å². The monoisotopic (exact) mass is 845 g/mol. The van der Waals surface area contributed by atoms with Gasteiger partial charge in [-0.2, -0.15) is 32.1 Å². The van der Waals surface area contributed by atoms with Gasteiger partial charge in [0.15, 0.2) is 11.5 Å². The van der Waals surface area contributed by atoms with Crippen molar-refractivity contribution >= 4 is 32.7 Å². The van der Waals surface area contributed by atoms with Gasteiger partial charge in [0.05, 0.1) is 29.4 Å². The Morgan fingerprint density at radius 3 is 2.37 bits per heavy atom. The number of para-hydroxylation sites is 1. The molecule has 3 aromatic heterocycles. The van der Waals surface area contributed by atoms with Gasteiger partial charge >= 0.3 is 6.18 Å². The Labute approximate surface area is 334 Å². The number of anilines is 1. The van der Waals surface area contributed by atoms with Crippen molar-refractivity contribution in [2.75, 3.05) is 11.0 Å². The Morgan fingerprint density at radius 1 is 1.08 bits per heavy atom. The second kappa shape index (κ2) is 15.8. The summed E-state index contributed by atoms with van der Waals surface area (Å²) in [5.41, 5.74) is -3.75. The van der Waals surface area contributed by atoms with Gasteiger partial charge in [-0.1, -0.05) is 38.0 Å². The molecule has 3 N–H and O–H groups in total. The number of nitrogens with zero attached hydrogens (tertiary/aromatic N) is 5. The number of sulfonamides is 1. The van der Waals surface area contributed by atoms with Crippen molar-refractivity contribution in [1.82, 2.24) is 29.9 Å². The Kier molecular flexibility index (Phi) is 11.5. The summed E-state index contributed by atoms with van der Waals surface area (Å²) in [5, 5.41) is 21.6. The number of rotatable bonds is 12. The fraction of sp³-hybridized carbons (Fsp3) is 0.350. The highest BCUT2D eigenvalue weighted by molar-refractivity contribution is 7.92. The van der Waals surface area contributed by atoms with Crippen molar-refractivity contribution in [3.63, 3.8) is 0 Å². The third-order valence-electron chi connectivity index (χ3n) is 10.1. The predicted octanol–water partition coefficient (Wildman–Crippen LogP) is 6.95. The lowest BCUT2D eigenvalue weighted by Gasteiger charge is -2.23. The van der Waals surface area contributed by atoms with Crippen molar-refractivity contribution in [3.8, 4) is 23.0 Å². The zero-order chi connectivity index (χ0) is 43.2. The largest absolute Gasteiger partial charge is 0.435 e. The first-order valence-electron chi connectivity index (χ1n) is 18.2. The minimum atomic E-state index is -5.13. The first kappa shape index (κ1) is 42.9. The van der Waals surface area contributed by atoms with Crippen LogP contribution in [0.1, 0.15) is 66.6 Å². The van der Waals surface area contributed by atoms with Gasteiger partial charge in [-0.05, 0) is 67.5 Å². The van der Waals surface area contributed by atoms with Crippen LogP contribution in [0.3, 0.4) is 0 Å². The molecule has 11 nitrogen and oxygen atoms in total. The van der Waals surface area contributed by atoms with Crippen molar-refractivity contribution in [2.24, 2.45) is 13.0 Å². The molecule has 59 heavy (non-hydrogen) atoms. The van der Waals surface area contributed by atoms with Crippen LogP contribution in [-0.4, -0.2) is 55.8 Å². The minimum Gasteiger partial charge on any atom is -0.378 e. The van der Waals surface area contributed by atoms with E-state index in [0.29, 0.717) is 27.2 Å². The van der Waals surface area contributed by atoms with E-state index < -0.39 is 93.6 Å². The van der Waals surface area contributed by atoms with Gasteiger partial charge in [-0.25, -0.2) is 22.2 Å². The highest BCUT2D eigenvalue weighted by Gasteiger charge is 2.55. The molecular weight excluding hydrogens is 808 g/mol. The lowest BCUT2D eigenvalue weighted by molar-refractivity contribution is -0.142. The Hall–Kier alpha value is -5.74. The zero-order valence-electron chi connectivity index (χ0n) is 32.1. The van der Waals surface area contributed by atoms with Gasteiger partial charge < -0.3 is 10.4 Å². The summed E-state index contributed by atoms with van der Waals surface area (Å²) in [7, 11) is -2.25. The molecule has 0 bridgehead atoms. The van der Waals surface area contributed by atoms with Crippen molar-refractivity contribution in [2.45, 2.75) is 69.8 Å². The third kappa shape index (κ3) is 8.83.